The van der Waals surface area contributed by atoms with Gasteiger partial charge in [0.2, 0.25) is 12.0 Å². The highest BCUT2D eigenvalue weighted by atomic mass is 19.4. The molecule has 2 fully saturated rings. The van der Waals surface area contributed by atoms with Gasteiger partial charge in [0.15, 0.2) is 5.60 Å². The van der Waals surface area contributed by atoms with Gasteiger partial charge in [-0.2, -0.15) is 13.2 Å². The lowest BCUT2D eigenvalue weighted by Crippen LogP contribution is -2.62. The molecule has 0 aromatic rings. The second kappa shape index (κ2) is 5.91. The first-order valence-electron chi connectivity index (χ1n) is 7.99. The SMILES string of the molecule is C[C@H]1CCC2CCC[C@H]3C(CN)=C(C(F)(F)F)O[C@H](O1)[C@@]23OO. The van der Waals surface area contributed by atoms with Crippen LogP contribution >= 0.6 is 0 Å². The topological polar surface area (TPSA) is 73.9 Å². The summed E-state index contributed by atoms with van der Waals surface area (Å²) in [7, 11) is 0. The lowest BCUT2D eigenvalue weighted by atomic mass is 9.63. The van der Waals surface area contributed by atoms with Crippen molar-refractivity contribution in [2.24, 2.45) is 17.6 Å². The van der Waals surface area contributed by atoms with E-state index in [1.807, 2.05) is 0 Å². The number of hydrogen-bond acceptors (Lipinski definition) is 5. The van der Waals surface area contributed by atoms with Gasteiger partial charge in [0, 0.05) is 12.5 Å². The Morgan fingerprint density at radius 1 is 1.30 bits per heavy atom. The van der Waals surface area contributed by atoms with Crippen molar-refractivity contribution in [1.29, 1.82) is 0 Å². The molecule has 0 spiro atoms. The van der Waals surface area contributed by atoms with Crippen LogP contribution in [0, 0.1) is 11.8 Å². The fourth-order valence-corrected chi connectivity index (χ4v) is 4.42. The third kappa shape index (κ3) is 2.56. The highest BCUT2D eigenvalue weighted by Crippen LogP contribution is 2.55. The highest BCUT2D eigenvalue weighted by Gasteiger charge is 2.64. The molecule has 5 nitrogen and oxygen atoms in total. The van der Waals surface area contributed by atoms with Gasteiger partial charge < -0.3 is 15.2 Å². The van der Waals surface area contributed by atoms with Crippen LogP contribution in [-0.4, -0.2) is 36.0 Å². The molecular formula is C15H22F3NO4. The molecule has 3 aliphatic rings. The number of nitrogens with two attached hydrogens (primary N) is 1. The quantitative estimate of drug-likeness (QED) is 0.599. The minimum Gasteiger partial charge on any atom is -0.456 e. The van der Waals surface area contributed by atoms with Crippen LogP contribution in [0.2, 0.25) is 0 Å². The molecule has 1 aliphatic carbocycles. The maximum Gasteiger partial charge on any atom is 0.449 e. The number of alkyl halides is 3. The molecule has 0 bridgehead atoms. The summed E-state index contributed by atoms with van der Waals surface area (Å²) in [6.45, 7) is 1.50. The number of allylic oxidation sites excluding steroid dienone is 1. The first kappa shape index (κ1) is 17.0. The average molecular weight is 337 g/mol. The maximum absolute atomic E-state index is 13.4. The van der Waals surface area contributed by atoms with Gasteiger partial charge in [-0.15, -0.1) is 0 Å². The van der Waals surface area contributed by atoms with Crippen LogP contribution in [0.25, 0.3) is 0 Å². The summed E-state index contributed by atoms with van der Waals surface area (Å²) in [5.41, 5.74) is 4.26. The summed E-state index contributed by atoms with van der Waals surface area (Å²) in [5.74, 6) is -1.87. The molecule has 0 aromatic heterocycles. The number of hydrogen-bond donors (Lipinski definition) is 2. The molecule has 1 saturated carbocycles. The summed E-state index contributed by atoms with van der Waals surface area (Å²) < 4.78 is 51.1. The average Bonchev–Trinajstić information content (AvgIpc) is 2.64. The fourth-order valence-electron chi connectivity index (χ4n) is 4.42. The van der Waals surface area contributed by atoms with Crippen LogP contribution in [0.5, 0.6) is 0 Å². The van der Waals surface area contributed by atoms with Crippen molar-refractivity contribution in [3.63, 3.8) is 0 Å². The van der Waals surface area contributed by atoms with Crippen LogP contribution in [0.1, 0.15) is 39.0 Å². The summed E-state index contributed by atoms with van der Waals surface area (Å²) in [6, 6.07) is 0. The normalized spacial score (nSPS) is 41.1. The van der Waals surface area contributed by atoms with Gasteiger partial charge >= 0.3 is 6.18 Å². The van der Waals surface area contributed by atoms with E-state index in [0.29, 0.717) is 19.3 Å². The smallest absolute Gasteiger partial charge is 0.449 e. The molecule has 5 atom stereocenters. The number of ether oxygens (including phenoxy) is 2. The van der Waals surface area contributed by atoms with E-state index in [1.54, 1.807) is 6.92 Å². The Morgan fingerprint density at radius 3 is 2.65 bits per heavy atom. The summed E-state index contributed by atoms with van der Waals surface area (Å²) in [5, 5.41) is 9.69. The molecule has 0 radical (unpaired) electrons. The zero-order valence-electron chi connectivity index (χ0n) is 12.9. The van der Waals surface area contributed by atoms with Crippen molar-refractivity contribution in [3.8, 4) is 0 Å². The Kier molecular flexibility index (Phi) is 4.37. The van der Waals surface area contributed by atoms with Crippen LogP contribution in [0.4, 0.5) is 13.2 Å². The molecule has 3 N–H and O–H groups in total. The summed E-state index contributed by atoms with van der Waals surface area (Å²) >= 11 is 0. The molecule has 8 heteroatoms. The zero-order chi connectivity index (χ0) is 16.8. The lowest BCUT2D eigenvalue weighted by Gasteiger charge is -2.52. The fraction of sp³-hybridized carbons (Fsp3) is 0.867. The Labute approximate surface area is 132 Å². The van der Waals surface area contributed by atoms with Gasteiger partial charge in [0.1, 0.15) is 0 Å². The lowest BCUT2D eigenvalue weighted by molar-refractivity contribution is -0.416. The van der Waals surface area contributed by atoms with Crippen LogP contribution < -0.4 is 5.73 Å². The Balaban J connectivity index is 2.14. The van der Waals surface area contributed by atoms with E-state index in [-0.39, 0.29) is 24.1 Å². The van der Waals surface area contributed by atoms with Crippen molar-refractivity contribution in [1.82, 2.24) is 0 Å². The summed E-state index contributed by atoms with van der Waals surface area (Å²) in [6.07, 6.45) is -2.84. The Hall–Kier alpha value is -0.830. The van der Waals surface area contributed by atoms with E-state index in [4.69, 9.17) is 20.1 Å². The molecule has 1 unspecified atom stereocenters. The van der Waals surface area contributed by atoms with Crippen molar-refractivity contribution in [2.75, 3.05) is 6.54 Å². The molecule has 132 valence electrons. The van der Waals surface area contributed by atoms with Gasteiger partial charge in [-0.3, -0.25) is 5.26 Å². The minimum atomic E-state index is -4.65. The van der Waals surface area contributed by atoms with E-state index in [2.05, 4.69) is 0 Å². The molecule has 2 aliphatic heterocycles. The van der Waals surface area contributed by atoms with Gasteiger partial charge in [0.05, 0.1) is 6.10 Å². The highest BCUT2D eigenvalue weighted by molar-refractivity contribution is 5.27. The second-order valence-corrected chi connectivity index (χ2v) is 6.66. The second-order valence-electron chi connectivity index (χ2n) is 6.66. The molecule has 3 rings (SSSR count). The van der Waals surface area contributed by atoms with Crippen molar-refractivity contribution in [2.45, 2.75) is 63.2 Å². The third-order valence-corrected chi connectivity index (χ3v) is 5.45. The van der Waals surface area contributed by atoms with Crippen LogP contribution in [0.15, 0.2) is 11.3 Å². The first-order valence-corrected chi connectivity index (χ1v) is 7.99. The molecular weight excluding hydrogens is 315 g/mol. The molecule has 0 aromatic carbocycles. The van der Waals surface area contributed by atoms with Gasteiger partial charge in [0.25, 0.3) is 0 Å². The van der Waals surface area contributed by atoms with E-state index in [1.165, 1.54) is 0 Å². The van der Waals surface area contributed by atoms with Gasteiger partial charge in [-0.05, 0) is 44.1 Å². The largest absolute Gasteiger partial charge is 0.456 e. The molecule has 23 heavy (non-hydrogen) atoms. The van der Waals surface area contributed by atoms with Gasteiger partial charge in [-0.1, -0.05) is 6.42 Å². The zero-order valence-corrected chi connectivity index (χ0v) is 12.9. The van der Waals surface area contributed by atoms with E-state index < -0.39 is 29.7 Å². The predicted molar refractivity (Wildman–Crippen MR) is 74.1 cm³/mol. The monoisotopic (exact) mass is 337 g/mol. The first-order chi connectivity index (χ1) is 10.8. The Bertz CT molecular complexity index is 496. The van der Waals surface area contributed by atoms with E-state index >= 15 is 0 Å². The van der Waals surface area contributed by atoms with E-state index in [9.17, 15) is 18.4 Å². The van der Waals surface area contributed by atoms with Crippen molar-refractivity contribution < 1.29 is 32.8 Å². The van der Waals surface area contributed by atoms with E-state index in [0.717, 1.165) is 12.8 Å². The third-order valence-electron chi connectivity index (χ3n) is 5.45. The van der Waals surface area contributed by atoms with Crippen LogP contribution in [-0.2, 0) is 14.4 Å². The Morgan fingerprint density at radius 2 is 2.04 bits per heavy atom. The molecule has 1 saturated heterocycles. The van der Waals surface area contributed by atoms with Crippen molar-refractivity contribution >= 4 is 0 Å². The maximum atomic E-state index is 13.4. The van der Waals surface area contributed by atoms with Crippen molar-refractivity contribution in [3.05, 3.63) is 11.3 Å². The molecule has 0 amide bonds. The minimum absolute atomic E-state index is 0.0364. The number of halogens is 3. The standard InChI is InChI=1S/C15H22F3NO4/c1-8-5-6-9-3-2-4-11-10(7-19)12(15(16,17)18)22-13(21-8)14(9,11)23-20/h8-9,11,13,20H,2-7,19H2,1H3/t8-,9?,11-,13-,14+/m0/s1. The number of rotatable bonds is 2. The molecule has 2 heterocycles. The van der Waals surface area contributed by atoms with Gasteiger partial charge in [-0.25, -0.2) is 4.89 Å². The summed E-state index contributed by atoms with van der Waals surface area (Å²) in [4.78, 5) is 4.86. The predicted octanol–water partition coefficient (Wildman–Crippen LogP) is 2.96. The van der Waals surface area contributed by atoms with Crippen LogP contribution in [0.3, 0.4) is 0 Å².